The van der Waals surface area contributed by atoms with Crippen molar-refractivity contribution in [1.29, 1.82) is 0 Å². The van der Waals surface area contributed by atoms with Gasteiger partial charge in [-0.2, -0.15) is 0 Å². The molecule has 4 heteroatoms. The van der Waals surface area contributed by atoms with Crippen molar-refractivity contribution in [3.8, 4) is 0 Å². The largest absolute Gasteiger partial charge is 0.380 e. The van der Waals surface area contributed by atoms with Crippen LogP contribution in [0.1, 0.15) is 30.4 Å². The normalized spacial score (nSPS) is 23.2. The second-order valence-corrected chi connectivity index (χ2v) is 7.15. The number of halogens is 1. The van der Waals surface area contributed by atoms with E-state index in [0.717, 1.165) is 30.1 Å². The van der Waals surface area contributed by atoms with Crippen molar-refractivity contribution < 1.29 is 5.11 Å². The van der Waals surface area contributed by atoms with Gasteiger partial charge in [0.1, 0.15) is 5.60 Å². The van der Waals surface area contributed by atoms with Crippen LogP contribution in [0.25, 0.3) is 0 Å². The lowest BCUT2D eigenvalue weighted by Gasteiger charge is -2.48. The molecule has 2 aromatic rings. The number of hydrazine groups is 1. The van der Waals surface area contributed by atoms with E-state index in [4.69, 9.17) is 0 Å². The summed E-state index contributed by atoms with van der Waals surface area (Å²) < 4.78 is 0. The van der Waals surface area contributed by atoms with Gasteiger partial charge in [-0.15, -0.1) is 12.4 Å². The average Bonchev–Trinajstić information content (AvgIpc) is 2.68. The Bertz CT molecular complexity index is 617. The molecular weight excluding hydrogens is 332 g/mol. The summed E-state index contributed by atoms with van der Waals surface area (Å²) in [6.07, 6.45) is 3.38. The molecule has 5 rings (SSSR count). The summed E-state index contributed by atoms with van der Waals surface area (Å²) >= 11 is 0. The molecular formula is C21H27ClN2O. The molecule has 0 radical (unpaired) electrons. The second-order valence-electron chi connectivity index (χ2n) is 7.15. The molecule has 0 saturated carbocycles. The molecule has 3 aliphatic heterocycles. The molecule has 0 spiro atoms. The smallest absolute Gasteiger partial charge is 0.116 e. The number of nitrogens with zero attached hydrogens (tertiary/aromatic N) is 2. The molecule has 3 fully saturated rings. The van der Waals surface area contributed by atoms with Gasteiger partial charge in [0.15, 0.2) is 0 Å². The van der Waals surface area contributed by atoms with Crippen LogP contribution in [0.4, 0.5) is 0 Å². The average molecular weight is 359 g/mol. The fraction of sp³-hybridized carbons (Fsp3) is 0.429. The first-order valence-electron chi connectivity index (χ1n) is 9.09. The SMILES string of the molecule is Cl.OC(CCN1CC2CCN1CC2)(c1ccccc1)c1ccccc1. The van der Waals surface area contributed by atoms with E-state index in [1.807, 2.05) is 60.7 Å². The maximum absolute atomic E-state index is 11.6. The zero-order valence-electron chi connectivity index (χ0n) is 14.6. The van der Waals surface area contributed by atoms with Crippen LogP contribution in [-0.2, 0) is 5.60 Å². The summed E-state index contributed by atoms with van der Waals surface area (Å²) in [5.41, 5.74) is 1.03. The van der Waals surface area contributed by atoms with Crippen molar-refractivity contribution in [2.24, 2.45) is 5.92 Å². The molecule has 25 heavy (non-hydrogen) atoms. The van der Waals surface area contributed by atoms with Crippen LogP contribution >= 0.6 is 12.4 Å². The Labute approximate surface area is 156 Å². The number of benzene rings is 2. The summed E-state index contributed by atoms with van der Waals surface area (Å²) in [6, 6.07) is 20.2. The molecule has 0 aromatic heterocycles. The summed E-state index contributed by atoms with van der Waals surface area (Å²) in [5.74, 6) is 0.844. The topological polar surface area (TPSA) is 26.7 Å². The Balaban J connectivity index is 0.00000182. The van der Waals surface area contributed by atoms with E-state index in [2.05, 4.69) is 10.0 Å². The molecule has 3 heterocycles. The number of hydrogen-bond acceptors (Lipinski definition) is 3. The van der Waals surface area contributed by atoms with Crippen LogP contribution in [0.2, 0.25) is 0 Å². The quantitative estimate of drug-likeness (QED) is 0.883. The van der Waals surface area contributed by atoms with Gasteiger partial charge in [-0.25, -0.2) is 10.0 Å². The van der Waals surface area contributed by atoms with E-state index in [1.165, 1.54) is 25.9 Å². The van der Waals surface area contributed by atoms with Gasteiger partial charge < -0.3 is 5.11 Å². The van der Waals surface area contributed by atoms with Crippen molar-refractivity contribution in [3.63, 3.8) is 0 Å². The van der Waals surface area contributed by atoms with Crippen LogP contribution in [0.3, 0.4) is 0 Å². The lowest BCUT2D eigenvalue weighted by atomic mass is 9.83. The van der Waals surface area contributed by atoms with Gasteiger partial charge in [-0.3, -0.25) is 0 Å². The van der Waals surface area contributed by atoms with Crippen LogP contribution in [0.15, 0.2) is 60.7 Å². The Morgan fingerprint density at radius 3 is 1.84 bits per heavy atom. The van der Waals surface area contributed by atoms with E-state index in [-0.39, 0.29) is 12.4 Å². The highest BCUT2D eigenvalue weighted by Crippen LogP contribution is 2.34. The van der Waals surface area contributed by atoms with Crippen molar-refractivity contribution in [2.75, 3.05) is 26.2 Å². The van der Waals surface area contributed by atoms with Gasteiger partial charge >= 0.3 is 0 Å². The van der Waals surface area contributed by atoms with Crippen LogP contribution in [0.5, 0.6) is 0 Å². The standard InChI is InChI=1S/C21H26N2O.ClH/c24-21(19-7-3-1-4-8-19,20-9-5-2-6-10-20)13-16-23-17-18-11-14-22(23)15-12-18;/h1-10,18,24H,11-17H2;1H. The molecule has 1 N–H and O–H groups in total. The Morgan fingerprint density at radius 2 is 1.40 bits per heavy atom. The van der Waals surface area contributed by atoms with Gasteiger partial charge in [0.2, 0.25) is 0 Å². The molecule has 0 amide bonds. The summed E-state index contributed by atoms with van der Waals surface area (Å²) in [6.45, 7) is 4.41. The lowest BCUT2D eigenvalue weighted by Crippen LogP contribution is -2.56. The minimum atomic E-state index is -0.930. The molecule has 0 unspecified atom stereocenters. The highest BCUT2D eigenvalue weighted by atomic mass is 35.5. The number of hydrogen-bond donors (Lipinski definition) is 1. The Hall–Kier alpha value is -1.39. The van der Waals surface area contributed by atoms with E-state index in [1.54, 1.807) is 0 Å². The first kappa shape index (κ1) is 18.4. The van der Waals surface area contributed by atoms with Gasteiger partial charge in [0, 0.05) is 26.2 Å². The maximum atomic E-state index is 11.6. The first-order valence-corrected chi connectivity index (χ1v) is 9.09. The van der Waals surface area contributed by atoms with Crippen molar-refractivity contribution in [2.45, 2.75) is 24.9 Å². The second kappa shape index (κ2) is 7.88. The van der Waals surface area contributed by atoms with Crippen molar-refractivity contribution in [3.05, 3.63) is 71.8 Å². The van der Waals surface area contributed by atoms with Crippen molar-refractivity contribution in [1.82, 2.24) is 10.0 Å². The fourth-order valence-corrected chi connectivity index (χ4v) is 4.20. The Kier molecular flexibility index (Phi) is 5.80. The molecule has 3 nitrogen and oxygen atoms in total. The summed E-state index contributed by atoms with van der Waals surface area (Å²) in [4.78, 5) is 0. The molecule has 0 atom stereocenters. The number of rotatable bonds is 5. The maximum Gasteiger partial charge on any atom is 0.116 e. The number of fused-ring (bicyclic) bond motifs is 3. The van der Waals surface area contributed by atoms with E-state index < -0.39 is 5.60 Å². The van der Waals surface area contributed by atoms with Crippen molar-refractivity contribution >= 4 is 12.4 Å². The molecule has 3 saturated heterocycles. The molecule has 3 aliphatic rings. The fourth-order valence-electron chi connectivity index (χ4n) is 4.20. The van der Waals surface area contributed by atoms with E-state index >= 15 is 0 Å². The highest BCUT2D eigenvalue weighted by molar-refractivity contribution is 5.85. The van der Waals surface area contributed by atoms with Gasteiger partial charge in [-0.05, 0) is 36.3 Å². The minimum absolute atomic E-state index is 0. The predicted octanol–water partition coefficient (Wildman–Crippen LogP) is 3.68. The summed E-state index contributed by atoms with van der Waals surface area (Å²) in [7, 11) is 0. The monoisotopic (exact) mass is 358 g/mol. The van der Waals surface area contributed by atoms with Crippen LogP contribution in [-0.4, -0.2) is 41.3 Å². The molecule has 2 aromatic carbocycles. The molecule has 0 aliphatic carbocycles. The minimum Gasteiger partial charge on any atom is -0.380 e. The van der Waals surface area contributed by atoms with Gasteiger partial charge in [0.25, 0.3) is 0 Å². The zero-order valence-corrected chi connectivity index (χ0v) is 15.4. The lowest BCUT2D eigenvalue weighted by molar-refractivity contribution is -0.118. The van der Waals surface area contributed by atoms with E-state index in [9.17, 15) is 5.11 Å². The third kappa shape index (κ3) is 3.75. The third-order valence-corrected chi connectivity index (χ3v) is 5.69. The third-order valence-electron chi connectivity index (χ3n) is 5.69. The number of piperidine rings is 1. The van der Waals surface area contributed by atoms with Crippen LogP contribution < -0.4 is 0 Å². The molecule has 134 valence electrons. The van der Waals surface area contributed by atoms with Gasteiger partial charge in [0.05, 0.1) is 0 Å². The molecule has 2 bridgehead atoms. The first-order chi connectivity index (χ1) is 11.8. The van der Waals surface area contributed by atoms with Gasteiger partial charge in [-0.1, -0.05) is 60.7 Å². The number of aliphatic hydroxyl groups is 1. The predicted molar refractivity (Wildman–Crippen MR) is 104 cm³/mol. The highest BCUT2D eigenvalue weighted by Gasteiger charge is 2.36. The van der Waals surface area contributed by atoms with Crippen LogP contribution in [0, 0.1) is 5.92 Å². The van der Waals surface area contributed by atoms with E-state index in [0.29, 0.717) is 6.42 Å². The zero-order chi connectivity index (χ0) is 16.4. The summed E-state index contributed by atoms with van der Waals surface area (Å²) in [5, 5.41) is 16.6. The Morgan fingerprint density at radius 1 is 0.880 bits per heavy atom.